The average Bonchev–Trinajstić information content (AvgIpc) is 2.81. The third kappa shape index (κ3) is 7.31. The van der Waals surface area contributed by atoms with Crippen molar-refractivity contribution in [3.8, 4) is 5.75 Å². The average molecular weight is 485 g/mol. The van der Waals surface area contributed by atoms with E-state index < -0.39 is 15.8 Å². The van der Waals surface area contributed by atoms with Gasteiger partial charge in [-0.1, -0.05) is 43.7 Å². The molecule has 3 aromatic carbocycles. The van der Waals surface area contributed by atoms with Gasteiger partial charge in [0.2, 0.25) is 10.0 Å². The van der Waals surface area contributed by atoms with Gasteiger partial charge in [0.1, 0.15) is 18.2 Å². The van der Waals surface area contributed by atoms with Crippen molar-refractivity contribution >= 4 is 21.6 Å². The van der Waals surface area contributed by atoms with Crippen LogP contribution in [0.2, 0.25) is 0 Å². The largest absolute Gasteiger partial charge is 0.492 e. The van der Waals surface area contributed by atoms with Gasteiger partial charge in [0.05, 0.1) is 25.0 Å². The van der Waals surface area contributed by atoms with E-state index in [-0.39, 0.29) is 18.1 Å². The Morgan fingerprint density at radius 2 is 1.68 bits per heavy atom. The molecule has 0 saturated carbocycles. The number of amides is 1. The van der Waals surface area contributed by atoms with Crippen LogP contribution in [0.25, 0.3) is 0 Å². The second kappa shape index (κ2) is 11.7. The summed E-state index contributed by atoms with van der Waals surface area (Å²) in [5.41, 5.74) is 2.62. The fourth-order valence-electron chi connectivity index (χ4n) is 3.44. The molecule has 6 nitrogen and oxygen atoms in total. The van der Waals surface area contributed by atoms with Crippen molar-refractivity contribution in [2.24, 2.45) is 0 Å². The number of hydrogen-bond donors (Lipinski definition) is 1. The topological polar surface area (TPSA) is 75.7 Å². The lowest BCUT2D eigenvalue weighted by atomic mass is 10.1. The summed E-state index contributed by atoms with van der Waals surface area (Å²) in [7, 11) is -3.63. The lowest BCUT2D eigenvalue weighted by Gasteiger charge is -2.22. The number of halogens is 1. The van der Waals surface area contributed by atoms with Gasteiger partial charge in [-0.2, -0.15) is 0 Å². The number of carbonyl (C=O) groups is 1. The molecule has 0 aliphatic heterocycles. The molecule has 0 bridgehead atoms. The molecule has 34 heavy (non-hydrogen) atoms. The molecule has 0 radical (unpaired) electrons. The molecule has 0 atom stereocenters. The summed E-state index contributed by atoms with van der Waals surface area (Å²) in [5.74, 6) is -0.0126. The summed E-state index contributed by atoms with van der Waals surface area (Å²) < 4.78 is 44.9. The van der Waals surface area contributed by atoms with Gasteiger partial charge in [-0.15, -0.1) is 0 Å². The van der Waals surface area contributed by atoms with Crippen molar-refractivity contribution in [2.75, 3.05) is 23.7 Å². The Bertz CT molecular complexity index is 1200. The molecule has 3 rings (SSSR count). The van der Waals surface area contributed by atoms with E-state index in [1.165, 1.54) is 29.8 Å². The number of benzene rings is 3. The SMILES string of the molecule is CCCc1ccc(OCCNC(=O)c2ccc(CN(c3cccc(F)c3)S(C)(=O)=O)cc2)cc1. The maximum Gasteiger partial charge on any atom is 0.251 e. The summed E-state index contributed by atoms with van der Waals surface area (Å²) in [6.45, 7) is 2.85. The molecule has 0 heterocycles. The molecule has 0 aliphatic carbocycles. The van der Waals surface area contributed by atoms with E-state index in [0.29, 0.717) is 24.3 Å². The predicted octanol–water partition coefficient (Wildman–Crippen LogP) is 4.55. The Balaban J connectivity index is 1.53. The summed E-state index contributed by atoms with van der Waals surface area (Å²) in [6.07, 6.45) is 3.20. The molecule has 0 spiro atoms. The number of anilines is 1. The highest BCUT2D eigenvalue weighted by molar-refractivity contribution is 7.92. The molecule has 0 aromatic heterocycles. The summed E-state index contributed by atoms with van der Waals surface area (Å²) in [5, 5.41) is 2.81. The number of nitrogens with zero attached hydrogens (tertiary/aromatic N) is 1. The van der Waals surface area contributed by atoms with E-state index in [1.54, 1.807) is 24.3 Å². The van der Waals surface area contributed by atoms with Crippen molar-refractivity contribution in [2.45, 2.75) is 26.3 Å². The van der Waals surface area contributed by atoms with Crippen LogP contribution in [0.15, 0.2) is 72.8 Å². The summed E-state index contributed by atoms with van der Waals surface area (Å²) >= 11 is 0. The van der Waals surface area contributed by atoms with E-state index in [0.717, 1.165) is 29.2 Å². The molecule has 0 saturated heterocycles. The maximum absolute atomic E-state index is 13.6. The first-order chi connectivity index (χ1) is 16.3. The third-order valence-corrected chi connectivity index (χ3v) is 6.30. The van der Waals surface area contributed by atoms with Gasteiger partial charge in [-0.25, -0.2) is 12.8 Å². The quantitative estimate of drug-likeness (QED) is 0.405. The van der Waals surface area contributed by atoms with Crippen molar-refractivity contribution < 1.29 is 22.3 Å². The number of ether oxygens (including phenoxy) is 1. The molecular formula is C26H29FN2O4S. The smallest absolute Gasteiger partial charge is 0.251 e. The number of sulfonamides is 1. The first-order valence-corrected chi connectivity index (χ1v) is 12.9. The molecular weight excluding hydrogens is 455 g/mol. The van der Waals surface area contributed by atoms with Crippen LogP contribution in [-0.4, -0.2) is 33.7 Å². The number of nitrogens with one attached hydrogen (secondary N) is 1. The minimum atomic E-state index is -3.63. The van der Waals surface area contributed by atoms with Crippen molar-refractivity contribution in [1.29, 1.82) is 0 Å². The van der Waals surface area contributed by atoms with Crippen LogP contribution in [0.1, 0.15) is 34.8 Å². The first-order valence-electron chi connectivity index (χ1n) is 11.1. The molecule has 0 fully saturated rings. The maximum atomic E-state index is 13.6. The molecule has 0 unspecified atom stereocenters. The highest BCUT2D eigenvalue weighted by Gasteiger charge is 2.18. The van der Waals surface area contributed by atoms with E-state index in [2.05, 4.69) is 12.2 Å². The van der Waals surface area contributed by atoms with E-state index >= 15 is 0 Å². The zero-order chi connectivity index (χ0) is 24.6. The van der Waals surface area contributed by atoms with Crippen LogP contribution in [0.5, 0.6) is 5.75 Å². The summed E-state index contributed by atoms with van der Waals surface area (Å²) in [6, 6.07) is 20.0. The number of carbonyl (C=O) groups excluding carboxylic acids is 1. The van der Waals surface area contributed by atoms with Gasteiger partial charge in [0.15, 0.2) is 0 Å². The van der Waals surface area contributed by atoms with Crippen LogP contribution in [-0.2, 0) is 23.0 Å². The van der Waals surface area contributed by atoms with Crippen molar-refractivity contribution in [3.05, 3.63) is 95.3 Å². The van der Waals surface area contributed by atoms with Gasteiger partial charge in [0, 0.05) is 5.56 Å². The minimum Gasteiger partial charge on any atom is -0.492 e. The Labute approximate surface area is 200 Å². The van der Waals surface area contributed by atoms with Crippen LogP contribution in [0, 0.1) is 5.82 Å². The third-order valence-electron chi connectivity index (χ3n) is 5.16. The molecule has 180 valence electrons. The zero-order valence-electron chi connectivity index (χ0n) is 19.3. The molecule has 1 N–H and O–H groups in total. The molecule has 0 aliphatic rings. The van der Waals surface area contributed by atoms with Gasteiger partial charge in [-0.05, 0) is 60.0 Å². The highest BCUT2D eigenvalue weighted by Crippen LogP contribution is 2.21. The Morgan fingerprint density at radius 1 is 1.00 bits per heavy atom. The standard InChI is InChI=1S/C26H29FN2O4S/c1-3-5-20-10-14-25(15-11-20)33-17-16-28-26(30)22-12-8-21(9-13-22)19-29(34(2,31)32)24-7-4-6-23(27)18-24/h4,6-15,18H,3,5,16-17,19H2,1-2H3,(H,28,30). The van der Waals surface area contributed by atoms with Gasteiger partial charge in [0.25, 0.3) is 5.91 Å². The lowest BCUT2D eigenvalue weighted by Crippen LogP contribution is -2.29. The lowest BCUT2D eigenvalue weighted by molar-refractivity contribution is 0.0947. The second-order valence-corrected chi connectivity index (χ2v) is 9.85. The van der Waals surface area contributed by atoms with E-state index in [1.807, 2.05) is 24.3 Å². The Hall–Kier alpha value is -3.39. The fraction of sp³-hybridized carbons (Fsp3) is 0.269. The van der Waals surface area contributed by atoms with Crippen LogP contribution in [0.3, 0.4) is 0 Å². The minimum absolute atomic E-state index is 0.0229. The number of rotatable bonds is 11. The van der Waals surface area contributed by atoms with Gasteiger partial charge >= 0.3 is 0 Å². The Morgan fingerprint density at radius 3 is 2.29 bits per heavy atom. The van der Waals surface area contributed by atoms with Crippen LogP contribution in [0.4, 0.5) is 10.1 Å². The summed E-state index contributed by atoms with van der Waals surface area (Å²) in [4.78, 5) is 12.4. The normalized spacial score (nSPS) is 11.1. The van der Waals surface area contributed by atoms with Crippen LogP contribution < -0.4 is 14.4 Å². The number of aryl methyl sites for hydroxylation is 1. The molecule has 3 aromatic rings. The van der Waals surface area contributed by atoms with E-state index in [4.69, 9.17) is 4.74 Å². The molecule has 1 amide bonds. The molecule has 8 heteroatoms. The highest BCUT2D eigenvalue weighted by atomic mass is 32.2. The van der Waals surface area contributed by atoms with Crippen LogP contribution >= 0.6 is 0 Å². The second-order valence-electron chi connectivity index (χ2n) is 7.94. The number of hydrogen-bond acceptors (Lipinski definition) is 4. The zero-order valence-corrected chi connectivity index (χ0v) is 20.1. The van der Waals surface area contributed by atoms with Gasteiger partial charge in [-0.3, -0.25) is 9.10 Å². The fourth-order valence-corrected chi connectivity index (χ4v) is 4.32. The monoisotopic (exact) mass is 484 g/mol. The van der Waals surface area contributed by atoms with Crippen molar-refractivity contribution in [1.82, 2.24) is 5.32 Å². The predicted molar refractivity (Wildman–Crippen MR) is 132 cm³/mol. The van der Waals surface area contributed by atoms with E-state index in [9.17, 15) is 17.6 Å². The van der Waals surface area contributed by atoms with Gasteiger partial charge < -0.3 is 10.1 Å². The van der Waals surface area contributed by atoms with Crippen molar-refractivity contribution in [3.63, 3.8) is 0 Å². The first kappa shape index (κ1) is 25.2. The Kier molecular flexibility index (Phi) is 8.65.